The number of aryl methyl sites for hydroxylation is 1. The molecule has 3 aromatic rings. The van der Waals surface area contributed by atoms with Gasteiger partial charge in [0.25, 0.3) is 0 Å². The summed E-state index contributed by atoms with van der Waals surface area (Å²) in [5.41, 5.74) is 0.856. The normalized spacial score (nSPS) is 19.4. The molecule has 1 aromatic heterocycles. The second-order valence-electron chi connectivity index (χ2n) is 6.37. The van der Waals surface area contributed by atoms with E-state index in [2.05, 4.69) is 9.98 Å². The number of aliphatic imine (C=N–C) groups is 1. The summed E-state index contributed by atoms with van der Waals surface area (Å²) < 4.78 is 8.00. The van der Waals surface area contributed by atoms with Crippen molar-refractivity contribution >= 4 is 11.8 Å². The predicted octanol–water partition coefficient (Wildman–Crippen LogP) is 3.09. The molecule has 0 spiro atoms. The monoisotopic (exact) mass is 357 g/mol. The van der Waals surface area contributed by atoms with Crippen LogP contribution in [-0.4, -0.2) is 22.9 Å². The summed E-state index contributed by atoms with van der Waals surface area (Å²) in [5.74, 6) is -0.124. The highest BCUT2D eigenvalue weighted by molar-refractivity contribution is 6.05. The molecular weight excluding hydrogens is 338 g/mol. The number of hydrogen-bond donors (Lipinski definition) is 0. The van der Waals surface area contributed by atoms with Crippen molar-refractivity contribution in [2.75, 3.05) is 6.54 Å². The quantitative estimate of drug-likeness (QED) is 0.677. The van der Waals surface area contributed by atoms with E-state index >= 15 is 0 Å². The van der Waals surface area contributed by atoms with Crippen LogP contribution >= 0.6 is 0 Å². The van der Waals surface area contributed by atoms with Crippen molar-refractivity contribution < 1.29 is 9.53 Å². The molecule has 0 amide bonds. The maximum atomic E-state index is 13.4. The van der Waals surface area contributed by atoms with Gasteiger partial charge in [0.05, 0.1) is 6.54 Å². The molecule has 1 aliphatic rings. The molecule has 2 heterocycles. The number of amidine groups is 1. The first kappa shape index (κ1) is 17.0. The van der Waals surface area contributed by atoms with Gasteiger partial charge in [0.1, 0.15) is 5.49 Å². The van der Waals surface area contributed by atoms with Crippen molar-refractivity contribution in [2.24, 2.45) is 17.0 Å². The minimum atomic E-state index is -1.20. The van der Waals surface area contributed by atoms with E-state index in [9.17, 15) is 4.79 Å². The van der Waals surface area contributed by atoms with E-state index in [0.29, 0.717) is 11.1 Å². The number of benzene rings is 2. The number of rotatable bonds is 3. The maximum Gasteiger partial charge on any atom is 0.315 e. The third-order valence-corrected chi connectivity index (χ3v) is 4.58. The van der Waals surface area contributed by atoms with Crippen molar-refractivity contribution in [3.63, 3.8) is 0 Å². The van der Waals surface area contributed by atoms with E-state index in [4.69, 9.17) is 4.74 Å². The summed E-state index contributed by atoms with van der Waals surface area (Å²) in [4.78, 5) is 22.3. The molecule has 0 saturated heterocycles. The Labute approximate surface area is 157 Å². The van der Waals surface area contributed by atoms with Gasteiger partial charge in [-0.25, -0.2) is 4.99 Å². The minimum absolute atomic E-state index is 0.124. The van der Waals surface area contributed by atoms with Gasteiger partial charge in [-0.1, -0.05) is 66.7 Å². The second-order valence-corrected chi connectivity index (χ2v) is 6.37. The van der Waals surface area contributed by atoms with Crippen LogP contribution in [0.25, 0.3) is 0 Å². The molecule has 1 aliphatic heterocycles. The highest BCUT2D eigenvalue weighted by Crippen LogP contribution is 2.34. The smallest absolute Gasteiger partial charge is 0.315 e. The van der Waals surface area contributed by atoms with Crippen LogP contribution in [0.4, 0.5) is 0 Å². The van der Waals surface area contributed by atoms with E-state index in [1.165, 1.54) is 0 Å². The van der Waals surface area contributed by atoms with E-state index in [-0.39, 0.29) is 18.3 Å². The lowest BCUT2D eigenvalue weighted by molar-refractivity contribution is 0.0495. The number of carbonyl (C=O) groups excluding carboxylic acids is 1. The molecule has 5 nitrogen and oxygen atoms in total. The fraction of sp³-hybridized carbons (Fsp3) is 0.136. The molecule has 2 aromatic carbocycles. The topological polar surface area (TPSA) is 56.0 Å². The van der Waals surface area contributed by atoms with Crippen molar-refractivity contribution in [3.05, 3.63) is 102 Å². The Kier molecular flexibility index (Phi) is 4.42. The number of ketones is 1. The molecule has 1 unspecified atom stereocenters. The average Bonchev–Trinajstić information content (AvgIpc) is 3.15. The summed E-state index contributed by atoms with van der Waals surface area (Å²) >= 11 is 0. The molecule has 0 bridgehead atoms. The first-order valence-corrected chi connectivity index (χ1v) is 8.74. The number of carbonyl (C=O) groups is 1. The first-order chi connectivity index (χ1) is 13.2. The van der Waals surface area contributed by atoms with Crippen LogP contribution in [-0.2, 0) is 17.4 Å². The Balaban J connectivity index is 1.76. The zero-order chi connectivity index (χ0) is 18.7. The number of aromatic nitrogens is 1. The Bertz CT molecular complexity index is 1060. The number of Topliss-reactive ketones (excluding diaryl/α,β-unsaturated/α-hetero) is 1. The molecule has 0 radical (unpaired) electrons. The van der Waals surface area contributed by atoms with Crippen LogP contribution in [0, 0.1) is 0 Å². The molecule has 1 atom stereocenters. The lowest BCUT2D eigenvalue weighted by atomic mass is 9.86. The van der Waals surface area contributed by atoms with Gasteiger partial charge in [-0.05, 0) is 12.1 Å². The molecule has 0 aliphatic carbocycles. The lowest BCUT2D eigenvalue weighted by Crippen LogP contribution is -2.39. The Morgan fingerprint density at radius 2 is 1.67 bits per heavy atom. The fourth-order valence-electron chi connectivity index (χ4n) is 3.12. The fourth-order valence-corrected chi connectivity index (χ4v) is 3.12. The highest BCUT2D eigenvalue weighted by Gasteiger charge is 2.47. The van der Waals surface area contributed by atoms with Crippen LogP contribution in [0.1, 0.15) is 15.9 Å². The molecule has 27 heavy (non-hydrogen) atoms. The standard InChI is InChI=1S/C22H19N3O2/c1-25-15-9-8-14-19(25)24-21-23-16-22(27-21,18-12-6-3-7-13-18)20(26)17-10-4-2-5-11-17/h2-15H,16H2,1H3/b24-19-. The van der Waals surface area contributed by atoms with Gasteiger partial charge in [0.2, 0.25) is 11.4 Å². The van der Waals surface area contributed by atoms with Crippen LogP contribution in [0.15, 0.2) is 95.0 Å². The number of hydrogen-bond acceptors (Lipinski definition) is 4. The highest BCUT2D eigenvalue weighted by atomic mass is 16.5. The molecular formula is C22H19N3O2. The van der Waals surface area contributed by atoms with Gasteiger partial charge in [-0.15, -0.1) is 0 Å². The SMILES string of the molecule is Cn1cccc/c1=N/C1=NCC(C(=O)c2ccccc2)(c2ccccc2)O1. The van der Waals surface area contributed by atoms with Gasteiger partial charge >= 0.3 is 6.02 Å². The summed E-state index contributed by atoms with van der Waals surface area (Å²) in [6.45, 7) is 0.195. The summed E-state index contributed by atoms with van der Waals surface area (Å²) in [6.07, 6.45) is 1.90. The first-order valence-electron chi connectivity index (χ1n) is 8.74. The largest absolute Gasteiger partial charge is 0.442 e. The van der Waals surface area contributed by atoms with Gasteiger partial charge in [0, 0.05) is 24.4 Å². The van der Waals surface area contributed by atoms with Crippen molar-refractivity contribution in [1.29, 1.82) is 0 Å². The van der Waals surface area contributed by atoms with Crippen LogP contribution < -0.4 is 5.49 Å². The van der Waals surface area contributed by atoms with E-state index in [0.717, 1.165) is 5.56 Å². The molecule has 4 rings (SSSR count). The van der Waals surface area contributed by atoms with Crippen LogP contribution in [0.3, 0.4) is 0 Å². The summed E-state index contributed by atoms with van der Waals surface area (Å²) in [6, 6.07) is 24.5. The van der Waals surface area contributed by atoms with Gasteiger partial charge in [0.15, 0.2) is 0 Å². The number of pyridine rings is 1. The Morgan fingerprint density at radius 1 is 1.00 bits per heavy atom. The zero-order valence-electron chi connectivity index (χ0n) is 14.9. The van der Waals surface area contributed by atoms with E-state index < -0.39 is 5.60 Å². The summed E-state index contributed by atoms with van der Waals surface area (Å²) in [7, 11) is 1.90. The molecule has 0 saturated carbocycles. The van der Waals surface area contributed by atoms with Crippen molar-refractivity contribution in [3.8, 4) is 0 Å². The predicted molar refractivity (Wildman–Crippen MR) is 103 cm³/mol. The van der Waals surface area contributed by atoms with Crippen LogP contribution in [0.5, 0.6) is 0 Å². The minimum Gasteiger partial charge on any atom is -0.442 e. The molecule has 5 heteroatoms. The van der Waals surface area contributed by atoms with Gasteiger partial charge in [-0.2, -0.15) is 4.99 Å². The second kappa shape index (κ2) is 7.03. The third-order valence-electron chi connectivity index (χ3n) is 4.58. The van der Waals surface area contributed by atoms with Gasteiger partial charge in [-0.3, -0.25) is 4.79 Å². The number of nitrogens with zero attached hydrogens (tertiary/aromatic N) is 3. The van der Waals surface area contributed by atoms with E-state index in [1.807, 2.05) is 84.5 Å². The van der Waals surface area contributed by atoms with Crippen LogP contribution in [0.2, 0.25) is 0 Å². The van der Waals surface area contributed by atoms with Crippen molar-refractivity contribution in [2.45, 2.75) is 5.60 Å². The van der Waals surface area contributed by atoms with Gasteiger partial charge < -0.3 is 9.30 Å². The average molecular weight is 357 g/mol. The third kappa shape index (κ3) is 3.19. The summed E-state index contributed by atoms with van der Waals surface area (Å²) in [5, 5.41) is 0. The lowest BCUT2D eigenvalue weighted by Gasteiger charge is -2.26. The maximum absolute atomic E-state index is 13.4. The Morgan fingerprint density at radius 3 is 2.37 bits per heavy atom. The van der Waals surface area contributed by atoms with E-state index in [1.54, 1.807) is 12.1 Å². The zero-order valence-corrected chi connectivity index (χ0v) is 14.9. The Hall–Kier alpha value is -3.47. The molecule has 134 valence electrons. The number of ether oxygens (including phenoxy) is 1. The molecule has 0 fully saturated rings. The molecule has 0 N–H and O–H groups in total. The van der Waals surface area contributed by atoms with Crippen molar-refractivity contribution in [1.82, 2.24) is 4.57 Å².